The predicted octanol–water partition coefficient (Wildman–Crippen LogP) is 0.424. The van der Waals surface area contributed by atoms with Crippen LogP contribution in [0.3, 0.4) is 0 Å². The molecule has 0 bridgehead atoms. The van der Waals surface area contributed by atoms with E-state index in [1.807, 2.05) is 5.32 Å². The van der Waals surface area contributed by atoms with Crippen molar-refractivity contribution in [3.63, 3.8) is 0 Å². The molecule has 1 amide bonds. The van der Waals surface area contributed by atoms with Crippen LogP contribution in [0, 0.1) is 10.1 Å². The number of non-ortho nitro benzene ring substituents is 1. The zero-order valence-electron chi connectivity index (χ0n) is 9.37. The number of nitro groups is 1. The summed E-state index contributed by atoms with van der Waals surface area (Å²) >= 11 is 5.70. The van der Waals surface area contributed by atoms with Crippen molar-refractivity contribution in [3.05, 3.63) is 38.9 Å². The van der Waals surface area contributed by atoms with Gasteiger partial charge in [-0.05, 0) is 6.07 Å². The number of carbonyl (C=O) groups excluding carboxylic acids is 1. The lowest BCUT2D eigenvalue weighted by Gasteiger charge is -2.12. The van der Waals surface area contributed by atoms with Gasteiger partial charge in [0.15, 0.2) is 6.04 Å². The number of nitrogens with one attached hydrogen (secondary N) is 1. The normalized spacial score (nSPS) is 11.7. The Balaban J connectivity index is 2.94. The van der Waals surface area contributed by atoms with Crippen LogP contribution in [0.4, 0.5) is 5.69 Å². The number of hydrogen-bond acceptors (Lipinski definition) is 5. The van der Waals surface area contributed by atoms with Crippen LogP contribution in [-0.4, -0.2) is 39.7 Å². The highest BCUT2D eigenvalue weighted by Gasteiger charge is 2.21. The molecule has 1 aromatic rings. The van der Waals surface area contributed by atoms with Crippen LogP contribution in [0.1, 0.15) is 10.4 Å². The number of benzene rings is 1. The van der Waals surface area contributed by atoms with Gasteiger partial charge in [0.05, 0.1) is 22.1 Å². The lowest BCUT2D eigenvalue weighted by Crippen LogP contribution is -2.43. The van der Waals surface area contributed by atoms with E-state index in [0.29, 0.717) is 0 Å². The second-order valence-corrected chi connectivity index (χ2v) is 3.88. The van der Waals surface area contributed by atoms with Crippen LogP contribution >= 0.6 is 11.6 Å². The molecule has 0 aromatic heterocycles. The summed E-state index contributed by atoms with van der Waals surface area (Å²) in [7, 11) is 0. The molecule has 1 unspecified atom stereocenters. The van der Waals surface area contributed by atoms with Crippen molar-refractivity contribution in [1.29, 1.82) is 0 Å². The van der Waals surface area contributed by atoms with Crippen molar-refractivity contribution < 1.29 is 24.7 Å². The Morgan fingerprint density at radius 3 is 2.53 bits per heavy atom. The first-order chi connectivity index (χ1) is 8.86. The molecular formula is C10H9ClN2O6. The Bertz CT molecular complexity index is 533. The number of halogens is 1. The summed E-state index contributed by atoms with van der Waals surface area (Å²) in [6, 6.07) is 1.67. The lowest BCUT2D eigenvalue weighted by molar-refractivity contribution is -0.384. The quantitative estimate of drug-likeness (QED) is 0.532. The fraction of sp³-hybridized carbons (Fsp3) is 0.200. The number of carbonyl (C=O) groups is 2. The van der Waals surface area contributed by atoms with Gasteiger partial charge in [-0.2, -0.15) is 0 Å². The summed E-state index contributed by atoms with van der Waals surface area (Å²) in [4.78, 5) is 32.1. The molecule has 0 radical (unpaired) electrons. The van der Waals surface area contributed by atoms with Crippen LogP contribution in [0.25, 0.3) is 0 Å². The standard InChI is InChI=1S/C10H9ClN2O6/c11-7-3-5(13(18)19)1-2-6(7)9(15)12-8(4-14)10(16)17/h1-3,8,14H,4H2,(H,12,15)(H,16,17). The molecule has 1 rings (SSSR count). The number of amides is 1. The zero-order chi connectivity index (χ0) is 14.6. The smallest absolute Gasteiger partial charge is 0.328 e. The minimum atomic E-state index is -1.47. The first kappa shape index (κ1) is 14.9. The average Bonchev–Trinajstić information content (AvgIpc) is 2.34. The number of nitrogens with zero attached hydrogens (tertiary/aromatic N) is 1. The first-order valence-electron chi connectivity index (χ1n) is 4.95. The number of hydrogen-bond donors (Lipinski definition) is 3. The summed E-state index contributed by atoms with van der Waals surface area (Å²) in [5.41, 5.74) is -0.412. The number of rotatable bonds is 5. The molecule has 102 valence electrons. The molecule has 0 aliphatic heterocycles. The summed E-state index contributed by atoms with van der Waals surface area (Å²) in [6.45, 7) is -0.786. The predicted molar refractivity (Wildman–Crippen MR) is 64.1 cm³/mol. The van der Waals surface area contributed by atoms with Crippen LogP contribution in [0.15, 0.2) is 18.2 Å². The third-order valence-electron chi connectivity index (χ3n) is 2.19. The highest BCUT2D eigenvalue weighted by atomic mass is 35.5. The van der Waals surface area contributed by atoms with Crippen molar-refractivity contribution in [2.45, 2.75) is 6.04 Å². The highest BCUT2D eigenvalue weighted by molar-refractivity contribution is 6.34. The Kier molecular flexibility index (Phi) is 4.79. The largest absolute Gasteiger partial charge is 0.480 e. The first-order valence-corrected chi connectivity index (χ1v) is 5.33. The monoisotopic (exact) mass is 288 g/mol. The number of nitro benzene ring substituents is 1. The number of carboxylic acids is 1. The van der Waals surface area contributed by atoms with E-state index >= 15 is 0 Å². The van der Waals surface area contributed by atoms with E-state index in [-0.39, 0.29) is 16.3 Å². The summed E-state index contributed by atoms with van der Waals surface area (Å²) in [5.74, 6) is -2.25. The Morgan fingerprint density at radius 1 is 1.47 bits per heavy atom. The maximum absolute atomic E-state index is 11.7. The molecule has 1 aromatic carbocycles. The number of aliphatic hydroxyl groups excluding tert-OH is 1. The molecular weight excluding hydrogens is 280 g/mol. The van der Waals surface area contributed by atoms with Gasteiger partial charge >= 0.3 is 5.97 Å². The molecule has 1 atom stereocenters. The van der Waals surface area contributed by atoms with Crippen molar-refractivity contribution in [1.82, 2.24) is 5.32 Å². The molecule has 9 heteroatoms. The molecule has 8 nitrogen and oxygen atoms in total. The van der Waals surface area contributed by atoms with E-state index in [9.17, 15) is 19.7 Å². The summed E-state index contributed by atoms with van der Waals surface area (Å²) in [6.07, 6.45) is 0. The third-order valence-corrected chi connectivity index (χ3v) is 2.51. The van der Waals surface area contributed by atoms with Gasteiger partial charge < -0.3 is 15.5 Å². The molecule has 0 fully saturated rings. The number of carboxylic acid groups (broad SMARTS) is 1. The van der Waals surface area contributed by atoms with Gasteiger partial charge in [-0.1, -0.05) is 11.6 Å². The lowest BCUT2D eigenvalue weighted by atomic mass is 10.1. The Morgan fingerprint density at radius 2 is 2.11 bits per heavy atom. The topological polar surface area (TPSA) is 130 Å². The van der Waals surface area contributed by atoms with Crippen LogP contribution in [-0.2, 0) is 4.79 Å². The zero-order valence-corrected chi connectivity index (χ0v) is 10.1. The van der Waals surface area contributed by atoms with Gasteiger partial charge in [-0.25, -0.2) is 4.79 Å². The van der Waals surface area contributed by atoms with Crippen molar-refractivity contribution in [3.8, 4) is 0 Å². The van der Waals surface area contributed by atoms with E-state index in [1.165, 1.54) is 0 Å². The van der Waals surface area contributed by atoms with E-state index in [4.69, 9.17) is 21.8 Å². The molecule has 3 N–H and O–H groups in total. The minimum Gasteiger partial charge on any atom is -0.480 e. The van der Waals surface area contributed by atoms with Gasteiger partial charge in [0, 0.05) is 12.1 Å². The van der Waals surface area contributed by atoms with Crippen LogP contribution < -0.4 is 5.32 Å². The SMILES string of the molecule is O=C(NC(CO)C(=O)O)c1ccc([N+](=O)[O-])cc1Cl. The Labute approximate surface area is 111 Å². The van der Waals surface area contributed by atoms with E-state index in [1.54, 1.807) is 0 Å². The van der Waals surface area contributed by atoms with Gasteiger partial charge in [0.1, 0.15) is 0 Å². The van der Waals surface area contributed by atoms with Crippen LogP contribution in [0.5, 0.6) is 0 Å². The number of aliphatic hydroxyl groups is 1. The fourth-order valence-electron chi connectivity index (χ4n) is 1.22. The molecule has 0 saturated heterocycles. The molecule has 0 aliphatic rings. The minimum absolute atomic E-state index is 0.119. The van der Waals surface area contributed by atoms with Gasteiger partial charge in [0.2, 0.25) is 0 Å². The van der Waals surface area contributed by atoms with Gasteiger partial charge in [0.25, 0.3) is 11.6 Å². The second-order valence-electron chi connectivity index (χ2n) is 3.47. The average molecular weight is 289 g/mol. The highest BCUT2D eigenvalue weighted by Crippen LogP contribution is 2.22. The number of aliphatic carboxylic acids is 1. The van der Waals surface area contributed by atoms with Gasteiger partial charge in [-0.3, -0.25) is 14.9 Å². The van der Waals surface area contributed by atoms with E-state index < -0.39 is 29.4 Å². The van der Waals surface area contributed by atoms with E-state index in [2.05, 4.69) is 0 Å². The summed E-state index contributed by atoms with van der Waals surface area (Å²) in [5, 5.41) is 29.7. The van der Waals surface area contributed by atoms with Crippen molar-refractivity contribution in [2.75, 3.05) is 6.61 Å². The summed E-state index contributed by atoms with van der Waals surface area (Å²) < 4.78 is 0. The third kappa shape index (κ3) is 3.63. The Hall–Kier alpha value is -2.19. The fourth-order valence-corrected chi connectivity index (χ4v) is 1.48. The maximum Gasteiger partial charge on any atom is 0.328 e. The van der Waals surface area contributed by atoms with Crippen molar-refractivity contribution >= 4 is 29.2 Å². The second kappa shape index (κ2) is 6.12. The molecule has 0 aliphatic carbocycles. The van der Waals surface area contributed by atoms with Gasteiger partial charge in [-0.15, -0.1) is 0 Å². The molecule has 19 heavy (non-hydrogen) atoms. The maximum atomic E-state index is 11.7. The van der Waals surface area contributed by atoms with Crippen LogP contribution in [0.2, 0.25) is 5.02 Å². The van der Waals surface area contributed by atoms with E-state index in [0.717, 1.165) is 18.2 Å². The van der Waals surface area contributed by atoms with Crippen molar-refractivity contribution in [2.24, 2.45) is 0 Å². The molecule has 0 spiro atoms. The molecule has 0 heterocycles. The molecule has 0 saturated carbocycles.